The number of aromatic amines is 1. The molecular formula is C18H20N2O2S. The van der Waals surface area contributed by atoms with Gasteiger partial charge in [-0.05, 0) is 49.6 Å². The van der Waals surface area contributed by atoms with Crippen molar-refractivity contribution < 1.29 is 4.74 Å². The average molecular weight is 328 g/mol. The van der Waals surface area contributed by atoms with Gasteiger partial charge in [0.15, 0.2) is 0 Å². The Bertz CT molecular complexity index is 892. The number of hydrogen-bond acceptors (Lipinski definition) is 4. The molecule has 0 saturated heterocycles. The van der Waals surface area contributed by atoms with Gasteiger partial charge in [0.1, 0.15) is 16.4 Å². The average Bonchev–Trinajstić information content (AvgIpc) is 2.81. The van der Waals surface area contributed by atoms with Gasteiger partial charge in [-0.2, -0.15) is 0 Å². The molecule has 0 bridgehead atoms. The molecule has 4 nitrogen and oxygen atoms in total. The van der Waals surface area contributed by atoms with Gasteiger partial charge in [0, 0.05) is 10.4 Å². The van der Waals surface area contributed by atoms with E-state index < -0.39 is 0 Å². The molecule has 23 heavy (non-hydrogen) atoms. The topological polar surface area (TPSA) is 55.0 Å². The molecule has 0 spiro atoms. The first-order valence-corrected chi connectivity index (χ1v) is 8.50. The second kappa shape index (κ2) is 6.16. The van der Waals surface area contributed by atoms with E-state index in [0.717, 1.165) is 26.6 Å². The van der Waals surface area contributed by atoms with Crippen LogP contribution in [0.4, 0.5) is 0 Å². The summed E-state index contributed by atoms with van der Waals surface area (Å²) in [6.07, 6.45) is 0. The number of nitrogens with zero attached hydrogens (tertiary/aromatic N) is 1. The van der Waals surface area contributed by atoms with Crippen molar-refractivity contribution in [3.8, 4) is 17.1 Å². The predicted octanol–water partition coefficient (Wildman–Crippen LogP) is 4.30. The normalized spacial score (nSPS) is 11.3. The van der Waals surface area contributed by atoms with Crippen molar-refractivity contribution in [2.45, 2.75) is 27.7 Å². The van der Waals surface area contributed by atoms with Crippen LogP contribution in [0.5, 0.6) is 5.75 Å². The summed E-state index contributed by atoms with van der Waals surface area (Å²) < 4.78 is 5.68. The molecule has 0 aliphatic heterocycles. The molecule has 0 saturated carbocycles. The highest BCUT2D eigenvalue weighted by atomic mass is 32.1. The lowest BCUT2D eigenvalue weighted by molar-refractivity contribution is 0.271. The highest BCUT2D eigenvalue weighted by Crippen LogP contribution is 2.28. The van der Waals surface area contributed by atoms with Gasteiger partial charge in [0.2, 0.25) is 0 Å². The van der Waals surface area contributed by atoms with E-state index in [-0.39, 0.29) is 5.56 Å². The molecule has 0 aliphatic carbocycles. The number of aryl methyl sites for hydroxylation is 2. The summed E-state index contributed by atoms with van der Waals surface area (Å²) in [5.41, 5.74) is 1.82. The summed E-state index contributed by atoms with van der Waals surface area (Å²) in [5.74, 6) is 1.91. The standard InChI is InChI=1S/C18H20N2O2S/c1-10(2)9-22-14-7-5-13(6-8-14)16-19-17(21)15-11(3)12(4)23-18(15)20-16/h5-8,10H,9H2,1-4H3,(H,19,20,21). The Morgan fingerprint density at radius 3 is 2.57 bits per heavy atom. The van der Waals surface area contributed by atoms with Crippen molar-refractivity contribution in [1.82, 2.24) is 9.97 Å². The number of rotatable bonds is 4. The monoisotopic (exact) mass is 328 g/mol. The minimum atomic E-state index is -0.0769. The van der Waals surface area contributed by atoms with Gasteiger partial charge in [-0.1, -0.05) is 13.8 Å². The SMILES string of the molecule is Cc1sc2nc(-c3ccc(OCC(C)C)cc3)[nH]c(=O)c2c1C. The molecular weight excluding hydrogens is 308 g/mol. The van der Waals surface area contributed by atoms with E-state index in [0.29, 0.717) is 23.7 Å². The first-order valence-electron chi connectivity index (χ1n) is 7.69. The molecule has 1 aromatic carbocycles. The van der Waals surface area contributed by atoms with E-state index >= 15 is 0 Å². The fourth-order valence-electron chi connectivity index (χ4n) is 2.36. The molecule has 0 aliphatic rings. The van der Waals surface area contributed by atoms with E-state index in [1.807, 2.05) is 38.1 Å². The maximum Gasteiger partial charge on any atom is 0.260 e. The number of H-pyrrole nitrogens is 1. The summed E-state index contributed by atoms with van der Waals surface area (Å²) >= 11 is 1.56. The van der Waals surface area contributed by atoms with Crippen molar-refractivity contribution in [1.29, 1.82) is 0 Å². The van der Waals surface area contributed by atoms with Crippen LogP contribution in [0.15, 0.2) is 29.1 Å². The van der Waals surface area contributed by atoms with Crippen LogP contribution in [-0.2, 0) is 0 Å². The van der Waals surface area contributed by atoms with Gasteiger partial charge in [-0.15, -0.1) is 11.3 Å². The van der Waals surface area contributed by atoms with Crippen molar-refractivity contribution in [2.75, 3.05) is 6.61 Å². The third-order valence-electron chi connectivity index (χ3n) is 3.75. The van der Waals surface area contributed by atoms with Crippen molar-refractivity contribution in [2.24, 2.45) is 5.92 Å². The maximum atomic E-state index is 12.3. The molecule has 0 amide bonds. The van der Waals surface area contributed by atoms with Crippen molar-refractivity contribution in [3.63, 3.8) is 0 Å². The summed E-state index contributed by atoms with van der Waals surface area (Å²) in [5, 5.41) is 0.702. The smallest absolute Gasteiger partial charge is 0.260 e. The number of thiophene rings is 1. The van der Waals surface area contributed by atoms with Crippen molar-refractivity contribution >= 4 is 21.6 Å². The van der Waals surface area contributed by atoms with E-state index in [1.54, 1.807) is 11.3 Å². The molecule has 3 rings (SSSR count). The number of hydrogen-bond donors (Lipinski definition) is 1. The predicted molar refractivity (Wildman–Crippen MR) is 95.5 cm³/mol. The number of benzene rings is 1. The second-order valence-corrected chi connectivity index (χ2v) is 7.31. The molecule has 3 aromatic rings. The zero-order valence-corrected chi connectivity index (χ0v) is 14.6. The lowest BCUT2D eigenvalue weighted by atomic mass is 10.2. The molecule has 0 unspecified atom stereocenters. The van der Waals surface area contributed by atoms with Crippen LogP contribution in [0.2, 0.25) is 0 Å². The van der Waals surface area contributed by atoms with Gasteiger partial charge in [-0.25, -0.2) is 4.98 Å². The van der Waals surface area contributed by atoms with Gasteiger partial charge < -0.3 is 9.72 Å². The molecule has 0 atom stereocenters. The van der Waals surface area contributed by atoms with Gasteiger partial charge in [0.05, 0.1) is 12.0 Å². The third-order valence-corrected chi connectivity index (χ3v) is 4.85. The van der Waals surface area contributed by atoms with E-state index in [1.165, 1.54) is 0 Å². The molecule has 5 heteroatoms. The Morgan fingerprint density at radius 2 is 1.91 bits per heavy atom. The van der Waals surface area contributed by atoms with Crippen molar-refractivity contribution in [3.05, 3.63) is 45.1 Å². The second-order valence-electron chi connectivity index (χ2n) is 6.11. The number of ether oxygens (including phenoxy) is 1. The van der Waals surface area contributed by atoms with Crippen LogP contribution in [0.3, 0.4) is 0 Å². The highest BCUT2D eigenvalue weighted by Gasteiger charge is 2.12. The highest BCUT2D eigenvalue weighted by molar-refractivity contribution is 7.18. The van der Waals surface area contributed by atoms with E-state index in [9.17, 15) is 4.79 Å². The van der Waals surface area contributed by atoms with Gasteiger partial charge in [-0.3, -0.25) is 4.79 Å². The van der Waals surface area contributed by atoms with Crippen LogP contribution in [0, 0.1) is 19.8 Å². The summed E-state index contributed by atoms with van der Waals surface area (Å²) in [4.78, 5) is 21.8. The molecule has 2 heterocycles. The number of fused-ring (bicyclic) bond motifs is 1. The van der Waals surface area contributed by atoms with Gasteiger partial charge >= 0.3 is 0 Å². The molecule has 0 radical (unpaired) electrons. The zero-order chi connectivity index (χ0) is 16.6. The molecule has 0 fully saturated rings. The van der Waals surface area contributed by atoms with E-state index in [4.69, 9.17) is 4.74 Å². The maximum absolute atomic E-state index is 12.3. The Labute approximate surface area is 139 Å². The summed E-state index contributed by atoms with van der Waals surface area (Å²) in [6, 6.07) is 7.67. The first-order chi connectivity index (χ1) is 11.0. The number of nitrogens with one attached hydrogen (secondary N) is 1. The summed E-state index contributed by atoms with van der Waals surface area (Å²) in [6.45, 7) is 8.90. The lowest BCUT2D eigenvalue weighted by Crippen LogP contribution is -2.09. The quantitative estimate of drug-likeness (QED) is 0.776. The minimum absolute atomic E-state index is 0.0769. The zero-order valence-electron chi connectivity index (χ0n) is 13.8. The molecule has 1 N–H and O–H groups in total. The Morgan fingerprint density at radius 1 is 1.22 bits per heavy atom. The van der Waals surface area contributed by atoms with Crippen LogP contribution in [0.1, 0.15) is 24.3 Å². The lowest BCUT2D eigenvalue weighted by Gasteiger charge is -2.09. The van der Waals surface area contributed by atoms with Crippen LogP contribution < -0.4 is 10.3 Å². The third kappa shape index (κ3) is 3.15. The first kappa shape index (κ1) is 15.7. The van der Waals surface area contributed by atoms with E-state index in [2.05, 4.69) is 23.8 Å². The Kier molecular flexibility index (Phi) is 4.22. The summed E-state index contributed by atoms with van der Waals surface area (Å²) in [7, 11) is 0. The molecule has 2 aromatic heterocycles. The minimum Gasteiger partial charge on any atom is -0.493 e. The van der Waals surface area contributed by atoms with Gasteiger partial charge in [0.25, 0.3) is 5.56 Å². The fraction of sp³-hybridized carbons (Fsp3) is 0.333. The Balaban J connectivity index is 1.95. The van der Waals surface area contributed by atoms with Crippen LogP contribution >= 0.6 is 11.3 Å². The fourth-order valence-corrected chi connectivity index (χ4v) is 3.39. The van der Waals surface area contributed by atoms with Crippen LogP contribution in [0.25, 0.3) is 21.6 Å². The molecule has 120 valence electrons. The number of aromatic nitrogens is 2. The van der Waals surface area contributed by atoms with Crippen LogP contribution in [-0.4, -0.2) is 16.6 Å². The Hall–Kier alpha value is -2.14. The largest absolute Gasteiger partial charge is 0.493 e.